The van der Waals surface area contributed by atoms with Gasteiger partial charge in [0, 0.05) is 34.3 Å². The normalized spacial score (nSPS) is 11.8. The molecule has 0 unspecified atom stereocenters. The lowest BCUT2D eigenvalue weighted by atomic mass is 10.0. The van der Waals surface area contributed by atoms with Gasteiger partial charge in [0.1, 0.15) is 17.4 Å². The van der Waals surface area contributed by atoms with E-state index in [2.05, 4.69) is 25.8 Å². The number of nitrogens with zero attached hydrogens (tertiary/aromatic N) is 1. The number of hydrogen-bond acceptors (Lipinski definition) is 5. The molecule has 0 radical (unpaired) electrons. The summed E-state index contributed by atoms with van der Waals surface area (Å²) in [7, 11) is 0. The van der Waals surface area contributed by atoms with Crippen LogP contribution in [0.3, 0.4) is 0 Å². The minimum atomic E-state index is -1.10. The summed E-state index contributed by atoms with van der Waals surface area (Å²) < 4.78 is 14.5. The average molecular weight is 561 g/mol. The van der Waals surface area contributed by atoms with Crippen molar-refractivity contribution in [3.05, 3.63) is 101 Å². The predicted molar refractivity (Wildman–Crippen MR) is 149 cm³/mol. The molecule has 2 amide bonds. The van der Waals surface area contributed by atoms with Gasteiger partial charge >= 0.3 is 5.97 Å². The molecule has 2 heterocycles. The Labute approximate surface area is 231 Å². The number of carboxylic acids is 1. The number of anilines is 2. The number of aromatic amines is 2. The Kier molecular flexibility index (Phi) is 7.21. The summed E-state index contributed by atoms with van der Waals surface area (Å²) in [5.74, 6) is -2.92. The number of nitrogens with one attached hydrogen (secondary N) is 4. The van der Waals surface area contributed by atoms with E-state index in [0.717, 1.165) is 5.56 Å². The minimum Gasteiger partial charge on any atom is -0.477 e. The lowest BCUT2D eigenvalue weighted by molar-refractivity contribution is -0.118. The van der Waals surface area contributed by atoms with Gasteiger partial charge in [0.25, 0.3) is 5.91 Å². The molecule has 1 atom stereocenters. The van der Waals surface area contributed by atoms with Gasteiger partial charge in [-0.2, -0.15) is 5.10 Å². The van der Waals surface area contributed by atoms with Gasteiger partial charge in [-0.3, -0.25) is 14.7 Å². The molecule has 0 aliphatic carbocycles. The Morgan fingerprint density at radius 3 is 2.55 bits per heavy atom. The number of carbonyl (C=O) groups excluding carboxylic acids is 2. The highest BCUT2D eigenvalue weighted by Crippen LogP contribution is 2.26. The maximum atomic E-state index is 14.5. The highest BCUT2D eigenvalue weighted by Gasteiger charge is 2.24. The molecule has 0 saturated heterocycles. The highest BCUT2D eigenvalue weighted by atomic mass is 35.5. The number of fused-ring (bicyclic) bond motifs is 1. The molecular formula is C28H22ClFN6O4. The number of nitrogen functional groups attached to an aromatic ring is 1. The van der Waals surface area contributed by atoms with Crippen LogP contribution >= 0.6 is 11.6 Å². The Balaban J connectivity index is 1.38. The number of amides is 2. The SMILES string of the molecule is Nc1ccc(C[C@H](NC(=O)c2cc(-c3cccc(Cl)c3F)n[nH]2)C(=O)Nc2ccc3[nH]c(C(=O)O)cc3c2)cc1. The van der Waals surface area contributed by atoms with E-state index in [1.807, 2.05) is 0 Å². The van der Waals surface area contributed by atoms with E-state index in [-0.39, 0.29) is 34.1 Å². The van der Waals surface area contributed by atoms with Crippen LogP contribution in [-0.4, -0.2) is 44.1 Å². The van der Waals surface area contributed by atoms with Crippen molar-refractivity contribution in [1.82, 2.24) is 20.5 Å². The second kappa shape index (κ2) is 10.9. The lowest BCUT2D eigenvalue weighted by Crippen LogP contribution is -2.45. The summed E-state index contributed by atoms with van der Waals surface area (Å²) in [6.07, 6.45) is 0.136. The third-order valence-electron chi connectivity index (χ3n) is 6.21. The summed E-state index contributed by atoms with van der Waals surface area (Å²) in [6.45, 7) is 0. The first-order valence-corrected chi connectivity index (χ1v) is 12.4. The van der Waals surface area contributed by atoms with E-state index in [1.54, 1.807) is 48.5 Å². The third kappa shape index (κ3) is 5.64. The summed E-state index contributed by atoms with van der Waals surface area (Å²) in [6, 6.07) is 18.0. The van der Waals surface area contributed by atoms with Crippen LogP contribution in [0.4, 0.5) is 15.8 Å². The fraction of sp³-hybridized carbons (Fsp3) is 0.0714. The Hall–Kier alpha value is -5.16. The van der Waals surface area contributed by atoms with Crippen LogP contribution in [0.1, 0.15) is 26.5 Å². The van der Waals surface area contributed by atoms with E-state index in [9.17, 15) is 23.9 Å². The van der Waals surface area contributed by atoms with Crippen LogP contribution in [0.2, 0.25) is 5.02 Å². The van der Waals surface area contributed by atoms with Gasteiger partial charge in [0.15, 0.2) is 5.82 Å². The van der Waals surface area contributed by atoms with E-state index >= 15 is 0 Å². The van der Waals surface area contributed by atoms with Gasteiger partial charge < -0.3 is 26.5 Å². The van der Waals surface area contributed by atoms with Crippen molar-refractivity contribution in [1.29, 1.82) is 0 Å². The average Bonchev–Trinajstić information content (AvgIpc) is 3.59. The van der Waals surface area contributed by atoms with Gasteiger partial charge in [-0.05, 0) is 60.2 Å². The maximum Gasteiger partial charge on any atom is 0.352 e. The summed E-state index contributed by atoms with van der Waals surface area (Å²) in [5.41, 5.74) is 8.39. The molecule has 7 N–H and O–H groups in total. The molecule has 2 aromatic heterocycles. The molecule has 0 bridgehead atoms. The number of rotatable bonds is 8. The number of aromatic carboxylic acids is 1. The van der Waals surface area contributed by atoms with Crippen LogP contribution in [0, 0.1) is 5.82 Å². The molecule has 40 heavy (non-hydrogen) atoms. The van der Waals surface area contributed by atoms with E-state index in [1.165, 1.54) is 24.3 Å². The number of benzene rings is 3. The summed E-state index contributed by atoms with van der Waals surface area (Å²) >= 11 is 5.86. The van der Waals surface area contributed by atoms with Crippen LogP contribution in [0.25, 0.3) is 22.2 Å². The first kappa shape index (κ1) is 26.4. The Morgan fingerprint density at radius 2 is 1.80 bits per heavy atom. The van der Waals surface area contributed by atoms with Gasteiger partial charge in [-0.15, -0.1) is 0 Å². The van der Waals surface area contributed by atoms with Crippen LogP contribution in [0.5, 0.6) is 0 Å². The number of nitrogens with two attached hydrogens (primary N) is 1. The Morgan fingerprint density at radius 1 is 1.02 bits per heavy atom. The van der Waals surface area contributed by atoms with Crippen LogP contribution < -0.4 is 16.4 Å². The van der Waals surface area contributed by atoms with Crippen molar-refractivity contribution in [3.63, 3.8) is 0 Å². The molecule has 5 rings (SSSR count). The molecule has 3 aromatic carbocycles. The fourth-order valence-corrected chi connectivity index (χ4v) is 4.34. The van der Waals surface area contributed by atoms with Crippen molar-refractivity contribution < 1.29 is 23.9 Å². The second-order valence-corrected chi connectivity index (χ2v) is 9.43. The zero-order valence-corrected chi connectivity index (χ0v) is 21.4. The largest absolute Gasteiger partial charge is 0.477 e. The molecule has 5 aromatic rings. The summed E-state index contributed by atoms with van der Waals surface area (Å²) in [5, 5.41) is 21.8. The van der Waals surface area contributed by atoms with E-state index < -0.39 is 29.6 Å². The lowest BCUT2D eigenvalue weighted by Gasteiger charge is -2.18. The van der Waals surface area contributed by atoms with Crippen molar-refractivity contribution >= 4 is 51.7 Å². The molecule has 10 nitrogen and oxygen atoms in total. The van der Waals surface area contributed by atoms with Gasteiger partial charge in [-0.1, -0.05) is 29.8 Å². The van der Waals surface area contributed by atoms with E-state index in [0.29, 0.717) is 22.3 Å². The van der Waals surface area contributed by atoms with Gasteiger partial charge in [-0.25, -0.2) is 9.18 Å². The van der Waals surface area contributed by atoms with Crippen molar-refractivity contribution in [2.75, 3.05) is 11.1 Å². The van der Waals surface area contributed by atoms with Gasteiger partial charge in [0.05, 0.1) is 10.7 Å². The molecule has 0 fully saturated rings. The number of aromatic nitrogens is 3. The molecule has 0 saturated carbocycles. The van der Waals surface area contributed by atoms with Gasteiger partial charge in [0.2, 0.25) is 5.91 Å². The molecular weight excluding hydrogens is 539 g/mol. The quantitative estimate of drug-likeness (QED) is 0.152. The number of H-pyrrole nitrogens is 2. The van der Waals surface area contributed by atoms with Crippen LogP contribution in [-0.2, 0) is 11.2 Å². The third-order valence-corrected chi connectivity index (χ3v) is 6.50. The topological polar surface area (TPSA) is 166 Å². The standard InChI is InChI=1S/C28H22ClFN6O4/c29-19-3-1-2-18(25(19)30)21-13-23(36-35-21)27(38)34-22(10-14-4-6-16(31)7-5-14)26(37)32-17-8-9-20-15(11-17)12-24(33-20)28(39)40/h1-9,11-13,22,33H,10,31H2,(H,32,37)(H,34,38)(H,35,36)(H,39,40)/t22-/m0/s1. The number of carboxylic acid groups (broad SMARTS) is 1. The van der Waals surface area contributed by atoms with Crippen LogP contribution in [0.15, 0.2) is 72.8 Å². The number of carbonyl (C=O) groups is 3. The van der Waals surface area contributed by atoms with E-state index in [4.69, 9.17) is 17.3 Å². The maximum absolute atomic E-state index is 14.5. The first-order valence-electron chi connectivity index (χ1n) is 12.0. The molecule has 0 aliphatic rings. The zero-order chi connectivity index (χ0) is 28.4. The molecule has 12 heteroatoms. The predicted octanol–water partition coefficient (Wildman–Crippen LogP) is 4.61. The first-order chi connectivity index (χ1) is 19.2. The minimum absolute atomic E-state index is 0.0134. The zero-order valence-electron chi connectivity index (χ0n) is 20.7. The summed E-state index contributed by atoms with van der Waals surface area (Å²) in [4.78, 5) is 40.5. The second-order valence-electron chi connectivity index (χ2n) is 9.02. The van der Waals surface area contributed by atoms with Crippen molar-refractivity contribution in [2.24, 2.45) is 0 Å². The monoisotopic (exact) mass is 560 g/mol. The number of halogens is 2. The molecule has 0 aliphatic heterocycles. The smallest absolute Gasteiger partial charge is 0.352 e. The highest BCUT2D eigenvalue weighted by molar-refractivity contribution is 6.31. The number of hydrogen-bond donors (Lipinski definition) is 6. The fourth-order valence-electron chi connectivity index (χ4n) is 4.17. The Bertz CT molecular complexity index is 1750. The molecule has 202 valence electrons. The van der Waals surface area contributed by atoms with Crippen molar-refractivity contribution in [2.45, 2.75) is 12.5 Å². The van der Waals surface area contributed by atoms with Crippen molar-refractivity contribution in [3.8, 4) is 11.3 Å². The molecule has 0 spiro atoms.